The van der Waals surface area contributed by atoms with Crippen LogP contribution in [0.2, 0.25) is 0 Å². The fourth-order valence-electron chi connectivity index (χ4n) is 2.69. The number of rotatable bonds is 8. The molecule has 2 heterocycles. The van der Waals surface area contributed by atoms with Gasteiger partial charge in [-0.25, -0.2) is 4.98 Å². The second kappa shape index (κ2) is 9.41. The van der Waals surface area contributed by atoms with Gasteiger partial charge >= 0.3 is 0 Å². The Morgan fingerprint density at radius 1 is 0.966 bits per heavy atom. The Hall–Kier alpha value is -3.81. The fraction of sp³-hybridized carbons (Fsp3) is 0.190. The van der Waals surface area contributed by atoms with Crippen LogP contribution < -0.4 is 24.8 Å². The molecule has 2 N–H and O–H groups in total. The average molecular weight is 394 g/mol. The third kappa shape index (κ3) is 4.92. The maximum Gasteiger partial charge on any atom is 0.274 e. The standard InChI is InChI=1S/C21H22N4O4/c1-27-18-9-16(10-19(28-2)20(18)29-3)25-21(26)17-7-6-15(13-24-17)23-12-14-5-4-8-22-11-14/h4-11,13,23H,12H2,1-3H3,(H,25,26). The second-order valence-corrected chi connectivity index (χ2v) is 6.02. The van der Waals surface area contributed by atoms with Gasteiger partial charge in [0.2, 0.25) is 5.75 Å². The van der Waals surface area contributed by atoms with Crippen LogP contribution in [0.1, 0.15) is 16.1 Å². The van der Waals surface area contributed by atoms with Crippen molar-refractivity contribution in [1.82, 2.24) is 9.97 Å². The molecule has 0 aliphatic rings. The van der Waals surface area contributed by atoms with Crippen molar-refractivity contribution in [2.24, 2.45) is 0 Å². The summed E-state index contributed by atoms with van der Waals surface area (Å²) in [7, 11) is 4.55. The molecule has 0 bridgehead atoms. The number of carbonyl (C=O) groups is 1. The molecule has 29 heavy (non-hydrogen) atoms. The van der Waals surface area contributed by atoms with Crippen LogP contribution in [0.5, 0.6) is 17.2 Å². The van der Waals surface area contributed by atoms with Crippen molar-refractivity contribution in [3.63, 3.8) is 0 Å². The first-order valence-electron chi connectivity index (χ1n) is 8.84. The Morgan fingerprint density at radius 3 is 2.28 bits per heavy atom. The largest absolute Gasteiger partial charge is 0.493 e. The molecule has 3 aromatic rings. The summed E-state index contributed by atoms with van der Waals surface area (Å²) in [4.78, 5) is 20.8. The van der Waals surface area contributed by atoms with E-state index in [1.54, 1.807) is 42.9 Å². The number of aromatic nitrogens is 2. The molecule has 8 heteroatoms. The smallest absolute Gasteiger partial charge is 0.274 e. The third-order valence-corrected chi connectivity index (χ3v) is 4.14. The van der Waals surface area contributed by atoms with E-state index < -0.39 is 0 Å². The zero-order chi connectivity index (χ0) is 20.6. The van der Waals surface area contributed by atoms with Gasteiger partial charge in [-0.3, -0.25) is 9.78 Å². The summed E-state index contributed by atoms with van der Waals surface area (Å²) in [6.07, 6.45) is 5.13. The quantitative estimate of drug-likeness (QED) is 0.605. The van der Waals surface area contributed by atoms with Gasteiger partial charge in [0, 0.05) is 36.8 Å². The Kier molecular flexibility index (Phi) is 6.47. The molecule has 8 nitrogen and oxygen atoms in total. The van der Waals surface area contributed by atoms with Gasteiger partial charge in [-0.15, -0.1) is 0 Å². The molecule has 0 unspecified atom stereocenters. The number of nitrogens with zero attached hydrogens (tertiary/aromatic N) is 2. The summed E-state index contributed by atoms with van der Waals surface area (Å²) in [6.45, 7) is 0.618. The molecule has 0 fully saturated rings. The maximum atomic E-state index is 12.5. The van der Waals surface area contributed by atoms with Crippen molar-refractivity contribution in [1.29, 1.82) is 0 Å². The minimum Gasteiger partial charge on any atom is -0.493 e. The second-order valence-electron chi connectivity index (χ2n) is 6.02. The van der Waals surface area contributed by atoms with E-state index in [1.165, 1.54) is 21.3 Å². The molecule has 0 radical (unpaired) electrons. The number of benzene rings is 1. The highest BCUT2D eigenvalue weighted by molar-refractivity contribution is 6.03. The van der Waals surface area contributed by atoms with E-state index in [9.17, 15) is 4.79 Å². The molecule has 1 amide bonds. The number of methoxy groups -OCH3 is 3. The van der Waals surface area contributed by atoms with Gasteiger partial charge in [0.25, 0.3) is 5.91 Å². The zero-order valence-electron chi connectivity index (χ0n) is 16.4. The normalized spacial score (nSPS) is 10.2. The number of pyridine rings is 2. The van der Waals surface area contributed by atoms with E-state index in [0.29, 0.717) is 29.5 Å². The van der Waals surface area contributed by atoms with Crippen molar-refractivity contribution < 1.29 is 19.0 Å². The van der Waals surface area contributed by atoms with Crippen LogP contribution in [-0.4, -0.2) is 37.2 Å². The topological polar surface area (TPSA) is 94.6 Å². The summed E-state index contributed by atoms with van der Waals surface area (Å²) in [5.74, 6) is 1.00. The van der Waals surface area contributed by atoms with E-state index in [4.69, 9.17) is 14.2 Å². The van der Waals surface area contributed by atoms with Gasteiger partial charge in [0.15, 0.2) is 11.5 Å². The lowest BCUT2D eigenvalue weighted by atomic mass is 10.2. The number of anilines is 2. The average Bonchev–Trinajstić information content (AvgIpc) is 2.77. The minimum absolute atomic E-state index is 0.283. The Morgan fingerprint density at radius 2 is 1.72 bits per heavy atom. The van der Waals surface area contributed by atoms with Crippen LogP contribution in [0, 0.1) is 0 Å². The van der Waals surface area contributed by atoms with Gasteiger partial charge in [-0.2, -0.15) is 0 Å². The molecular formula is C21H22N4O4. The molecule has 1 aromatic carbocycles. The number of amides is 1. The molecular weight excluding hydrogens is 372 g/mol. The lowest BCUT2D eigenvalue weighted by molar-refractivity contribution is 0.102. The van der Waals surface area contributed by atoms with Gasteiger partial charge in [-0.05, 0) is 23.8 Å². The van der Waals surface area contributed by atoms with Crippen LogP contribution in [-0.2, 0) is 6.54 Å². The number of nitrogens with one attached hydrogen (secondary N) is 2. The van der Waals surface area contributed by atoms with E-state index in [-0.39, 0.29) is 11.6 Å². The molecule has 3 rings (SSSR count). The highest BCUT2D eigenvalue weighted by atomic mass is 16.5. The summed E-state index contributed by atoms with van der Waals surface area (Å²) in [6, 6.07) is 10.6. The lowest BCUT2D eigenvalue weighted by Gasteiger charge is -2.14. The highest BCUT2D eigenvalue weighted by Crippen LogP contribution is 2.39. The van der Waals surface area contributed by atoms with Crippen molar-refractivity contribution in [3.8, 4) is 17.2 Å². The minimum atomic E-state index is -0.349. The van der Waals surface area contributed by atoms with Crippen LogP contribution in [0.25, 0.3) is 0 Å². The molecule has 0 saturated carbocycles. The number of ether oxygens (including phenoxy) is 3. The Labute approximate surface area is 168 Å². The number of hydrogen-bond acceptors (Lipinski definition) is 7. The zero-order valence-corrected chi connectivity index (χ0v) is 16.4. The van der Waals surface area contributed by atoms with E-state index >= 15 is 0 Å². The molecule has 0 saturated heterocycles. The first kappa shape index (κ1) is 19.9. The van der Waals surface area contributed by atoms with Crippen LogP contribution in [0.15, 0.2) is 55.0 Å². The van der Waals surface area contributed by atoms with Gasteiger partial charge < -0.3 is 24.8 Å². The predicted octanol–water partition coefficient (Wildman–Crippen LogP) is 3.37. The van der Waals surface area contributed by atoms with Crippen LogP contribution in [0.3, 0.4) is 0 Å². The maximum absolute atomic E-state index is 12.5. The summed E-state index contributed by atoms with van der Waals surface area (Å²) >= 11 is 0. The fourth-order valence-corrected chi connectivity index (χ4v) is 2.69. The van der Waals surface area contributed by atoms with Crippen molar-refractivity contribution in [3.05, 3.63) is 66.2 Å². The van der Waals surface area contributed by atoms with E-state index in [1.807, 2.05) is 12.1 Å². The van der Waals surface area contributed by atoms with E-state index in [2.05, 4.69) is 20.6 Å². The van der Waals surface area contributed by atoms with Crippen LogP contribution in [0.4, 0.5) is 11.4 Å². The summed E-state index contributed by atoms with van der Waals surface area (Å²) < 4.78 is 15.9. The molecule has 0 spiro atoms. The third-order valence-electron chi connectivity index (χ3n) is 4.14. The number of carbonyl (C=O) groups excluding carboxylic acids is 1. The van der Waals surface area contributed by atoms with Crippen molar-refractivity contribution in [2.75, 3.05) is 32.0 Å². The van der Waals surface area contributed by atoms with Gasteiger partial charge in [0.05, 0.1) is 33.2 Å². The molecule has 150 valence electrons. The first-order chi connectivity index (χ1) is 14.1. The summed E-state index contributed by atoms with van der Waals surface area (Å²) in [5.41, 5.74) is 2.64. The molecule has 2 aromatic heterocycles. The summed E-state index contributed by atoms with van der Waals surface area (Å²) in [5, 5.41) is 6.03. The SMILES string of the molecule is COc1cc(NC(=O)c2ccc(NCc3cccnc3)cn2)cc(OC)c1OC. The van der Waals surface area contributed by atoms with Gasteiger partial charge in [0.1, 0.15) is 5.69 Å². The molecule has 0 aliphatic carbocycles. The molecule has 0 aliphatic heterocycles. The van der Waals surface area contributed by atoms with Crippen molar-refractivity contribution in [2.45, 2.75) is 6.54 Å². The van der Waals surface area contributed by atoms with Crippen LogP contribution >= 0.6 is 0 Å². The number of hydrogen-bond donors (Lipinski definition) is 2. The van der Waals surface area contributed by atoms with Crippen molar-refractivity contribution >= 4 is 17.3 Å². The lowest BCUT2D eigenvalue weighted by Crippen LogP contribution is -2.14. The Balaban J connectivity index is 1.68. The Bertz CT molecular complexity index is 937. The van der Waals surface area contributed by atoms with E-state index in [0.717, 1.165) is 11.3 Å². The first-order valence-corrected chi connectivity index (χ1v) is 8.84. The highest BCUT2D eigenvalue weighted by Gasteiger charge is 2.15. The monoisotopic (exact) mass is 394 g/mol. The molecule has 0 atom stereocenters. The predicted molar refractivity (Wildman–Crippen MR) is 110 cm³/mol. The van der Waals surface area contributed by atoms with Gasteiger partial charge in [-0.1, -0.05) is 6.07 Å².